The summed E-state index contributed by atoms with van der Waals surface area (Å²) in [5, 5.41) is 11.8. The Morgan fingerprint density at radius 3 is 2.93 bits per heavy atom. The van der Waals surface area contributed by atoms with Crippen LogP contribution in [0.4, 0.5) is 0 Å². The van der Waals surface area contributed by atoms with Crippen LogP contribution in [0.5, 0.6) is 0 Å². The molecule has 0 amide bonds. The minimum Gasteiger partial charge on any atom is -0.481 e. The summed E-state index contributed by atoms with van der Waals surface area (Å²) in [6.45, 7) is 5.51. The van der Waals surface area contributed by atoms with Gasteiger partial charge in [-0.25, -0.2) is 0 Å². The van der Waals surface area contributed by atoms with E-state index in [1.165, 1.54) is 0 Å². The van der Waals surface area contributed by atoms with Crippen molar-refractivity contribution in [3.63, 3.8) is 0 Å². The lowest BCUT2D eigenvalue weighted by Crippen LogP contribution is -2.41. The maximum Gasteiger partial charge on any atom is 0.304 e. The number of ether oxygens (including phenoxy) is 1. The molecule has 1 rings (SSSR count). The summed E-state index contributed by atoms with van der Waals surface area (Å²) in [7, 11) is 0. The Morgan fingerprint density at radius 2 is 2.43 bits per heavy atom. The van der Waals surface area contributed by atoms with Crippen LogP contribution in [-0.4, -0.2) is 35.9 Å². The number of nitrogens with one attached hydrogen (secondary N) is 1. The van der Waals surface area contributed by atoms with Crippen molar-refractivity contribution in [2.24, 2.45) is 0 Å². The van der Waals surface area contributed by atoms with Crippen molar-refractivity contribution >= 4 is 5.97 Å². The second-order valence-electron chi connectivity index (χ2n) is 4.28. The number of rotatable bonds is 5. The van der Waals surface area contributed by atoms with Crippen LogP contribution in [0.3, 0.4) is 0 Å². The van der Waals surface area contributed by atoms with Crippen molar-refractivity contribution in [3.05, 3.63) is 0 Å². The molecule has 1 aliphatic heterocycles. The molecule has 2 atom stereocenters. The number of carbonyl (C=O) groups is 1. The molecule has 1 fully saturated rings. The zero-order valence-corrected chi connectivity index (χ0v) is 8.88. The molecule has 82 valence electrons. The first-order chi connectivity index (χ1) is 6.52. The van der Waals surface area contributed by atoms with Crippen LogP contribution >= 0.6 is 0 Å². The van der Waals surface area contributed by atoms with E-state index >= 15 is 0 Å². The highest BCUT2D eigenvalue weighted by atomic mass is 16.5. The molecule has 0 spiro atoms. The van der Waals surface area contributed by atoms with Gasteiger partial charge in [-0.15, -0.1) is 0 Å². The molecule has 0 saturated carbocycles. The Hall–Kier alpha value is -0.610. The molecule has 1 heterocycles. The summed E-state index contributed by atoms with van der Waals surface area (Å²) in [5.74, 6) is -0.762. The normalized spacial score (nSPS) is 29.0. The Bertz CT molecular complexity index is 200. The van der Waals surface area contributed by atoms with Crippen LogP contribution in [-0.2, 0) is 9.53 Å². The lowest BCUT2D eigenvalue weighted by molar-refractivity contribution is -0.137. The van der Waals surface area contributed by atoms with E-state index in [9.17, 15) is 4.79 Å². The molecule has 0 aromatic carbocycles. The lowest BCUT2D eigenvalue weighted by atomic mass is 10.0. The SMILES string of the molecule is CC(CC(=O)O)NCC1(C)CCCO1. The van der Waals surface area contributed by atoms with Gasteiger partial charge in [0.2, 0.25) is 0 Å². The molecule has 2 N–H and O–H groups in total. The number of hydrogen-bond donors (Lipinski definition) is 2. The van der Waals surface area contributed by atoms with Crippen LogP contribution in [0.1, 0.15) is 33.1 Å². The van der Waals surface area contributed by atoms with Crippen LogP contribution in [0.25, 0.3) is 0 Å². The van der Waals surface area contributed by atoms with Crippen molar-refractivity contribution in [2.75, 3.05) is 13.2 Å². The molecule has 4 heteroatoms. The zero-order chi connectivity index (χ0) is 10.6. The molecular weight excluding hydrogens is 182 g/mol. The highest BCUT2D eigenvalue weighted by Crippen LogP contribution is 2.24. The standard InChI is InChI=1S/C10H19NO3/c1-8(6-9(12)13)11-7-10(2)4-3-5-14-10/h8,11H,3-7H2,1-2H3,(H,12,13). The summed E-state index contributed by atoms with van der Waals surface area (Å²) in [5.41, 5.74) is -0.0905. The summed E-state index contributed by atoms with van der Waals surface area (Å²) in [6.07, 6.45) is 2.32. The minimum absolute atomic E-state index is 0.00789. The number of carboxylic acid groups (broad SMARTS) is 1. The molecule has 0 aromatic rings. The Kier molecular flexibility index (Phi) is 3.89. The Labute approximate surface area is 84.6 Å². The van der Waals surface area contributed by atoms with E-state index in [1.807, 2.05) is 6.92 Å². The second-order valence-corrected chi connectivity index (χ2v) is 4.28. The van der Waals surface area contributed by atoms with Crippen molar-refractivity contribution in [3.8, 4) is 0 Å². The smallest absolute Gasteiger partial charge is 0.304 e. The number of hydrogen-bond acceptors (Lipinski definition) is 3. The van der Waals surface area contributed by atoms with Crippen molar-refractivity contribution in [2.45, 2.75) is 44.8 Å². The largest absolute Gasteiger partial charge is 0.481 e. The van der Waals surface area contributed by atoms with Gasteiger partial charge in [-0.05, 0) is 26.7 Å². The van der Waals surface area contributed by atoms with Crippen LogP contribution in [0, 0.1) is 0 Å². The van der Waals surface area contributed by atoms with Crippen molar-refractivity contribution in [1.82, 2.24) is 5.32 Å². The first-order valence-corrected chi connectivity index (χ1v) is 5.11. The van der Waals surface area contributed by atoms with E-state index in [0.717, 1.165) is 26.0 Å². The van der Waals surface area contributed by atoms with Gasteiger partial charge in [0.25, 0.3) is 0 Å². The van der Waals surface area contributed by atoms with Gasteiger partial charge < -0.3 is 15.2 Å². The predicted octanol–water partition coefficient (Wildman–Crippen LogP) is 1.01. The molecule has 14 heavy (non-hydrogen) atoms. The Morgan fingerprint density at radius 1 is 1.71 bits per heavy atom. The van der Waals surface area contributed by atoms with Gasteiger partial charge in [0.1, 0.15) is 0 Å². The third kappa shape index (κ3) is 3.64. The van der Waals surface area contributed by atoms with Gasteiger partial charge in [-0.3, -0.25) is 4.79 Å². The average Bonchev–Trinajstić information content (AvgIpc) is 2.49. The van der Waals surface area contributed by atoms with Crippen LogP contribution in [0.15, 0.2) is 0 Å². The minimum atomic E-state index is -0.762. The van der Waals surface area contributed by atoms with E-state index in [-0.39, 0.29) is 18.1 Å². The van der Waals surface area contributed by atoms with E-state index in [2.05, 4.69) is 12.2 Å². The maximum absolute atomic E-state index is 10.4. The third-order valence-corrected chi connectivity index (χ3v) is 2.61. The third-order valence-electron chi connectivity index (χ3n) is 2.61. The van der Waals surface area contributed by atoms with Gasteiger partial charge in [-0.2, -0.15) is 0 Å². The van der Waals surface area contributed by atoms with Gasteiger partial charge >= 0.3 is 5.97 Å². The summed E-state index contributed by atoms with van der Waals surface area (Å²) in [4.78, 5) is 10.4. The summed E-state index contributed by atoms with van der Waals surface area (Å²) < 4.78 is 5.59. The Balaban J connectivity index is 2.22. The quantitative estimate of drug-likeness (QED) is 0.697. The molecule has 1 saturated heterocycles. The molecular formula is C10H19NO3. The molecule has 2 unspecified atom stereocenters. The molecule has 0 aromatic heterocycles. The predicted molar refractivity (Wildman–Crippen MR) is 53.3 cm³/mol. The number of aliphatic carboxylic acids is 1. The van der Waals surface area contributed by atoms with Crippen molar-refractivity contribution in [1.29, 1.82) is 0 Å². The molecule has 4 nitrogen and oxygen atoms in total. The monoisotopic (exact) mass is 201 g/mol. The van der Waals surface area contributed by atoms with Crippen LogP contribution < -0.4 is 5.32 Å². The van der Waals surface area contributed by atoms with E-state index in [0.29, 0.717) is 0 Å². The number of carboxylic acids is 1. The molecule has 0 aliphatic carbocycles. The zero-order valence-electron chi connectivity index (χ0n) is 8.88. The fourth-order valence-corrected chi connectivity index (χ4v) is 1.70. The lowest BCUT2D eigenvalue weighted by Gasteiger charge is -2.25. The van der Waals surface area contributed by atoms with Crippen LogP contribution in [0.2, 0.25) is 0 Å². The fourth-order valence-electron chi connectivity index (χ4n) is 1.70. The highest BCUT2D eigenvalue weighted by Gasteiger charge is 2.29. The fraction of sp³-hybridized carbons (Fsp3) is 0.900. The van der Waals surface area contributed by atoms with Gasteiger partial charge in [-0.1, -0.05) is 0 Å². The molecule has 0 bridgehead atoms. The first kappa shape index (κ1) is 11.5. The average molecular weight is 201 g/mol. The summed E-state index contributed by atoms with van der Waals surface area (Å²) in [6, 6.07) is 0.00789. The van der Waals surface area contributed by atoms with Gasteiger partial charge in [0, 0.05) is 19.2 Å². The summed E-state index contributed by atoms with van der Waals surface area (Å²) >= 11 is 0. The molecule has 1 aliphatic rings. The van der Waals surface area contributed by atoms with Gasteiger partial charge in [0.05, 0.1) is 12.0 Å². The van der Waals surface area contributed by atoms with E-state index in [4.69, 9.17) is 9.84 Å². The maximum atomic E-state index is 10.4. The first-order valence-electron chi connectivity index (χ1n) is 5.11. The van der Waals surface area contributed by atoms with E-state index < -0.39 is 5.97 Å². The second kappa shape index (κ2) is 4.75. The highest BCUT2D eigenvalue weighted by molar-refractivity contribution is 5.67. The van der Waals surface area contributed by atoms with E-state index in [1.54, 1.807) is 0 Å². The topological polar surface area (TPSA) is 58.6 Å². The van der Waals surface area contributed by atoms with Crippen molar-refractivity contribution < 1.29 is 14.6 Å². The molecule has 0 radical (unpaired) electrons. The van der Waals surface area contributed by atoms with Gasteiger partial charge in [0.15, 0.2) is 0 Å².